The molecule has 1 unspecified atom stereocenters. The highest BCUT2D eigenvalue weighted by Crippen LogP contribution is 2.14. The van der Waals surface area contributed by atoms with Crippen molar-refractivity contribution in [1.82, 2.24) is 4.90 Å². The van der Waals surface area contributed by atoms with Gasteiger partial charge in [0, 0.05) is 13.7 Å². The monoisotopic (exact) mass is 253 g/mol. The maximum absolute atomic E-state index is 5.04. The second-order valence-corrected chi connectivity index (χ2v) is 4.16. The Bertz CT molecular complexity index is 233. The fourth-order valence-electron chi connectivity index (χ4n) is 1.31. The highest BCUT2D eigenvalue weighted by Gasteiger charge is 2.05. The van der Waals surface area contributed by atoms with Gasteiger partial charge in [-0.2, -0.15) is 0 Å². The van der Waals surface area contributed by atoms with Crippen LogP contribution >= 0.6 is 0 Å². The summed E-state index contributed by atoms with van der Waals surface area (Å²) in [6.07, 6.45) is 6.88. The Hall–Kier alpha value is -0.860. The van der Waals surface area contributed by atoms with E-state index < -0.39 is 0 Å². The largest absolute Gasteiger partial charge is 0.383 e. The van der Waals surface area contributed by atoms with Gasteiger partial charge in [-0.15, -0.1) is 0 Å². The number of ether oxygens (including phenoxy) is 1. The quantitative estimate of drug-likeness (QED) is 0.578. The number of allylic oxidation sites excluding steroid dienone is 4. The standard InChI is InChI=1S/C14H25NO.C2H6/c1-6-7-8-13(2)14(3)9-10-15(4)11-12-16-5;1-2/h6-8,14H,1-2,9-12H2,3-5H3;1-2H3/b8-7-;. The third-order valence-corrected chi connectivity index (χ3v) is 2.70. The fourth-order valence-corrected chi connectivity index (χ4v) is 1.31. The lowest BCUT2D eigenvalue weighted by Crippen LogP contribution is -2.25. The Kier molecular flexibility index (Phi) is 15.4. The minimum Gasteiger partial charge on any atom is -0.383 e. The zero-order chi connectivity index (χ0) is 14.4. The van der Waals surface area contributed by atoms with Crippen LogP contribution in [0.5, 0.6) is 0 Å². The normalized spacial score (nSPS) is 12.1. The molecule has 0 bridgehead atoms. The van der Waals surface area contributed by atoms with Crippen LogP contribution < -0.4 is 0 Å². The predicted octanol–water partition coefficient (Wildman–Crippen LogP) is 3.92. The van der Waals surface area contributed by atoms with E-state index in [2.05, 4.69) is 32.0 Å². The van der Waals surface area contributed by atoms with Crippen LogP contribution in [-0.2, 0) is 4.74 Å². The van der Waals surface area contributed by atoms with E-state index in [0.717, 1.165) is 26.1 Å². The van der Waals surface area contributed by atoms with Gasteiger partial charge in [0.2, 0.25) is 0 Å². The Morgan fingerprint density at radius 2 is 1.94 bits per heavy atom. The topological polar surface area (TPSA) is 12.5 Å². The van der Waals surface area contributed by atoms with Crippen molar-refractivity contribution in [2.45, 2.75) is 27.2 Å². The number of nitrogens with zero attached hydrogens (tertiary/aromatic N) is 1. The van der Waals surface area contributed by atoms with Crippen LogP contribution in [0.15, 0.2) is 37.0 Å². The third kappa shape index (κ3) is 11.6. The van der Waals surface area contributed by atoms with Gasteiger partial charge >= 0.3 is 0 Å². The molecule has 0 aliphatic heterocycles. The number of methoxy groups -OCH3 is 1. The van der Waals surface area contributed by atoms with Gasteiger partial charge in [0.25, 0.3) is 0 Å². The van der Waals surface area contributed by atoms with Crippen LogP contribution in [0.25, 0.3) is 0 Å². The van der Waals surface area contributed by atoms with Crippen molar-refractivity contribution >= 4 is 0 Å². The van der Waals surface area contributed by atoms with E-state index in [4.69, 9.17) is 4.74 Å². The van der Waals surface area contributed by atoms with Gasteiger partial charge < -0.3 is 9.64 Å². The predicted molar refractivity (Wildman–Crippen MR) is 83.0 cm³/mol. The SMILES string of the molecule is C=C/C=C\C(=C)C(C)CCN(C)CCOC.CC. The summed E-state index contributed by atoms with van der Waals surface area (Å²) in [6, 6.07) is 0. The van der Waals surface area contributed by atoms with E-state index in [9.17, 15) is 0 Å². The zero-order valence-corrected chi connectivity index (χ0v) is 12.9. The summed E-state index contributed by atoms with van der Waals surface area (Å²) < 4.78 is 5.04. The van der Waals surface area contributed by atoms with Crippen LogP contribution in [0, 0.1) is 5.92 Å². The van der Waals surface area contributed by atoms with E-state index in [0.29, 0.717) is 5.92 Å². The average Bonchev–Trinajstić information content (AvgIpc) is 2.41. The van der Waals surface area contributed by atoms with Gasteiger partial charge in [-0.25, -0.2) is 0 Å². The van der Waals surface area contributed by atoms with Crippen molar-refractivity contribution in [3.05, 3.63) is 37.0 Å². The second kappa shape index (κ2) is 14.2. The molecule has 2 heteroatoms. The molecule has 2 nitrogen and oxygen atoms in total. The molecule has 0 N–H and O–H groups in total. The minimum absolute atomic E-state index is 0.515. The Morgan fingerprint density at radius 1 is 1.33 bits per heavy atom. The van der Waals surface area contributed by atoms with E-state index in [-0.39, 0.29) is 0 Å². The number of hydrogen-bond donors (Lipinski definition) is 0. The highest BCUT2D eigenvalue weighted by atomic mass is 16.5. The lowest BCUT2D eigenvalue weighted by atomic mass is 9.98. The maximum atomic E-state index is 5.04. The van der Waals surface area contributed by atoms with E-state index in [1.165, 1.54) is 5.57 Å². The average molecular weight is 253 g/mol. The van der Waals surface area contributed by atoms with Gasteiger partial charge in [0.15, 0.2) is 0 Å². The summed E-state index contributed by atoms with van der Waals surface area (Å²) in [6.45, 7) is 16.8. The van der Waals surface area contributed by atoms with Gasteiger partial charge in [0.1, 0.15) is 0 Å². The smallest absolute Gasteiger partial charge is 0.0589 e. The first kappa shape index (κ1) is 19.5. The van der Waals surface area contributed by atoms with E-state index >= 15 is 0 Å². The first-order valence-electron chi connectivity index (χ1n) is 6.77. The molecule has 0 radical (unpaired) electrons. The number of rotatable bonds is 9. The number of likely N-dealkylation sites (N-methyl/N-ethyl adjacent to an activating group) is 1. The molecule has 0 aromatic rings. The molecule has 0 spiro atoms. The van der Waals surface area contributed by atoms with Crippen molar-refractivity contribution in [3.63, 3.8) is 0 Å². The Labute approximate surface area is 114 Å². The van der Waals surface area contributed by atoms with Crippen LogP contribution in [-0.4, -0.2) is 38.8 Å². The Balaban J connectivity index is 0. The fraction of sp³-hybridized carbons (Fsp3) is 0.625. The lowest BCUT2D eigenvalue weighted by molar-refractivity contribution is 0.159. The van der Waals surface area contributed by atoms with Gasteiger partial charge in [-0.1, -0.05) is 57.7 Å². The first-order valence-corrected chi connectivity index (χ1v) is 6.77. The van der Waals surface area contributed by atoms with Crippen molar-refractivity contribution in [1.29, 1.82) is 0 Å². The number of hydrogen-bond acceptors (Lipinski definition) is 2. The molecule has 0 aliphatic carbocycles. The molecule has 0 saturated heterocycles. The van der Waals surface area contributed by atoms with Crippen LogP contribution in [0.4, 0.5) is 0 Å². The molecule has 0 aromatic carbocycles. The van der Waals surface area contributed by atoms with Crippen LogP contribution in [0.3, 0.4) is 0 Å². The molecule has 0 heterocycles. The molecular formula is C16H31NO. The van der Waals surface area contributed by atoms with Crippen molar-refractivity contribution in [2.24, 2.45) is 5.92 Å². The zero-order valence-electron chi connectivity index (χ0n) is 12.9. The van der Waals surface area contributed by atoms with Crippen molar-refractivity contribution in [2.75, 3.05) is 33.9 Å². The van der Waals surface area contributed by atoms with Crippen LogP contribution in [0.1, 0.15) is 27.2 Å². The molecule has 0 saturated carbocycles. The third-order valence-electron chi connectivity index (χ3n) is 2.70. The molecule has 1 atom stereocenters. The van der Waals surface area contributed by atoms with Crippen LogP contribution in [0.2, 0.25) is 0 Å². The molecule has 0 fully saturated rings. The molecule has 106 valence electrons. The molecule has 0 amide bonds. The first-order chi connectivity index (χ1) is 8.61. The van der Waals surface area contributed by atoms with Gasteiger partial charge in [-0.05, 0) is 25.9 Å². The maximum Gasteiger partial charge on any atom is 0.0589 e. The summed E-state index contributed by atoms with van der Waals surface area (Å²) in [4.78, 5) is 2.28. The second-order valence-electron chi connectivity index (χ2n) is 4.16. The molecule has 0 rings (SSSR count). The molecule has 18 heavy (non-hydrogen) atoms. The summed E-state index contributed by atoms with van der Waals surface area (Å²) in [5, 5.41) is 0. The Morgan fingerprint density at radius 3 is 2.44 bits per heavy atom. The summed E-state index contributed by atoms with van der Waals surface area (Å²) in [5.74, 6) is 0.515. The molecule has 0 aromatic heterocycles. The van der Waals surface area contributed by atoms with E-state index in [1.54, 1.807) is 13.2 Å². The van der Waals surface area contributed by atoms with Crippen molar-refractivity contribution < 1.29 is 4.74 Å². The summed E-state index contributed by atoms with van der Waals surface area (Å²) >= 11 is 0. The van der Waals surface area contributed by atoms with Gasteiger partial charge in [0.05, 0.1) is 6.61 Å². The lowest BCUT2D eigenvalue weighted by Gasteiger charge is -2.19. The minimum atomic E-state index is 0.515. The highest BCUT2D eigenvalue weighted by molar-refractivity contribution is 5.20. The molecule has 0 aliphatic rings. The van der Waals surface area contributed by atoms with Gasteiger partial charge in [-0.3, -0.25) is 0 Å². The summed E-state index contributed by atoms with van der Waals surface area (Å²) in [5.41, 5.74) is 1.17. The summed E-state index contributed by atoms with van der Waals surface area (Å²) in [7, 11) is 3.85. The van der Waals surface area contributed by atoms with E-state index in [1.807, 2.05) is 26.0 Å². The van der Waals surface area contributed by atoms with Crippen molar-refractivity contribution in [3.8, 4) is 0 Å². The molecular weight excluding hydrogens is 222 g/mol.